The van der Waals surface area contributed by atoms with Crippen molar-refractivity contribution < 1.29 is 13.9 Å². The highest BCUT2D eigenvalue weighted by molar-refractivity contribution is 9.10. The van der Waals surface area contributed by atoms with Crippen LogP contribution in [0.1, 0.15) is 10.4 Å². The maximum atomic E-state index is 13.1. The van der Waals surface area contributed by atoms with Gasteiger partial charge in [-0.3, -0.25) is 9.36 Å². The third-order valence-electron chi connectivity index (χ3n) is 4.14. The first-order chi connectivity index (χ1) is 12.5. The first kappa shape index (κ1) is 16.3. The standard InChI is InChI=1S/C18H12BrN3O4/c1-25-18(24)15-16(20)11-4-2-9(19)6-13(11)22(17(15)23)10-3-5-12-14(7-10)26-8-21-12/h2-8H,20H2,1H3. The number of esters is 1. The lowest BCUT2D eigenvalue weighted by molar-refractivity contribution is 0.0600. The third kappa shape index (κ3) is 2.38. The zero-order chi connectivity index (χ0) is 18.4. The van der Waals surface area contributed by atoms with Crippen LogP contribution in [0.3, 0.4) is 0 Å². The monoisotopic (exact) mass is 413 g/mol. The molecule has 0 spiro atoms. The number of anilines is 1. The Kier molecular flexibility index (Phi) is 3.77. The normalized spacial score (nSPS) is 11.2. The van der Waals surface area contributed by atoms with Crippen LogP contribution in [0.15, 0.2) is 56.5 Å². The first-order valence-corrected chi connectivity index (χ1v) is 8.36. The first-order valence-electron chi connectivity index (χ1n) is 7.57. The lowest BCUT2D eigenvalue weighted by atomic mass is 10.1. The van der Waals surface area contributed by atoms with E-state index in [0.717, 1.165) is 4.47 Å². The number of carbonyl (C=O) groups excluding carboxylic acids is 1. The van der Waals surface area contributed by atoms with Gasteiger partial charge in [-0.2, -0.15) is 0 Å². The summed E-state index contributed by atoms with van der Waals surface area (Å²) in [5.74, 6) is -0.785. The molecule has 2 aromatic carbocycles. The molecule has 0 atom stereocenters. The number of oxazole rings is 1. The zero-order valence-electron chi connectivity index (χ0n) is 13.5. The summed E-state index contributed by atoms with van der Waals surface area (Å²) >= 11 is 3.41. The number of pyridine rings is 1. The summed E-state index contributed by atoms with van der Waals surface area (Å²) in [5.41, 5.74) is 7.67. The fourth-order valence-corrected chi connectivity index (χ4v) is 3.28. The Labute approximate surface area is 155 Å². The SMILES string of the molecule is COC(=O)c1c(N)c2ccc(Br)cc2n(-c2ccc3ncoc3c2)c1=O. The molecule has 2 heterocycles. The van der Waals surface area contributed by atoms with Crippen molar-refractivity contribution in [2.24, 2.45) is 0 Å². The number of ether oxygens (including phenoxy) is 1. The molecule has 7 nitrogen and oxygen atoms in total. The number of halogens is 1. The van der Waals surface area contributed by atoms with Crippen molar-refractivity contribution in [3.63, 3.8) is 0 Å². The van der Waals surface area contributed by atoms with Crippen LogP contribution in [0.25, 0.3) is 27.7 Å². The smallest absolute Gasteiger partial charge is 0.345 e. The molecule has 0 fully saturated rings. The van der Waals surface area contributed by atoms with Gasteiger partial charge in [-0.15, -0.1) is 0 Å². The van der Waals surface area contributed by atoms with Gasteiger partial charge in [-0.25, -0.2) is 9.78 Å². The molecule has 4 aromatic rings. The van der Waals surface area contributed by atoms with Gasteiger partial charge < -0.3 is 14.9 Å². The maximum absolute atomic E-state index is 13.1. The second kappa shape index (κ2) is 5.99. The summed E-state index contributed by atoms with van der Waals surface area (Å²) in [6.07, 6.45) is 1.33. The summed E-state index contributed by atoms with van der Waals surface area (Å²) in [7, 11) is 1.21. The molecule has 0 bridgehead atoms. The second-order valence-corrected chi connectivity index (χ2v) is 6.50. The van der Waals surface area contributed by atoms with E-state index in [4.69, 9.17) is 14.9 Å². The summed E-state index contributed by atoms with van der Waals surface area (Å²) in [6, 6.07) is 10.4. The van der Waals surface area contributed by atoms with E-state index in [1.165, 1.54) is 18.1 Å². The van der Waals surface area contributed by atoms with Gasteiger partial charge in [0.05, 0.1) is 24.0 Å². The molecular formula is C18H12BrN3O4. The second-order valence-electron chi connectivity index (χ2n) is 5.59. The van der Waals surface area contributed by atoms with Gasteiger partial charge in [-0.1, -0.05) is 15.9 Å². The van der Waals surface area contributed by atoms with Crippen molar-refractivity contribution in [1.29, 1.82) is 0 Å². The molecule has 2 aromatic heterocycles. The van der Waals surface area contributed by atoms with Crippen molar-refractivity contribution in [2.75, 3.05) is 12.8 Å². The molecule has 0 amide bonds. The average Bonchev–Trinajstić information content (AvgIpc) is 3.09. The lowest BCUT2D eigenvalue weighted by Crippen LogP contribution is -2.28. The van der Waals surface area contributed by atoms with E-state index in [1.54, 1.807) is 36.4 Å². The fraction of sp³-hybridized carbons (Fsp3) is 0.0556. The highest BCUT2D eigenvalue weighted by Gasteiger charge is 2.22. The Morgan fingerprint density at radius 2 is 2.08 bits per heavy atom. The Bertz CT molecular complexity index is 1240. The summed E-state index contributed by atoms with van der Waals surface area (Å²) in [5, 5.41) is 0.561. The van der Waals surface area contributed by atoms with Crippen molar-refractivity contribution in [1.82, 2.24) is 9.55 Å². The van der Waals surface area contributed by atoms with Crippen LogP contribution < -0.4 is 11.3 Å². The van der Waals surface area contributed by atoms with E-state index in [1.807, 2.05) is 0 Å². The van der Waals surface area contributed by atoms with Crippen LogP contribution >= 0.6 is 15.9 Å². The van der Waals surface area contributed by atoms with Crippen molar-refractivity contribution in [2.45, 2.75) is 0 Å². The van der Waals surface area contributed by atoms with Gasteiger partial charge in [-0.05, 0) is 30.3 Å². The number of rotatable bonds is 2. The van der Waals surface area contributed by atoms with Crippen LogP contribution in [0.5, 0.6) is 0 Å². The highest BCUT2D eigenvalue weighted by atomic mass is 79.9. The van der Waals surface area contributed by atoms with E-state index in [0.29, 0.717) is 27.7 Å². The number of methoxy groups -OCH3 is 1. The topological polar surface area (TPSA) is 100 Å². The molecule has 26 heavy (non-hydrogen) atoms. The molecule has 4 rings (SSSR count). The molecule has 2 N–H and O–H groups in total. The summed E-state index contributed by atoms with van der Waals surface area (Å²) in [4.78, 5) is 29.3. The molecule has 0 aliphatic rings. The van der Waals surface area contributed by atoms with E-state index < -0.39 is 11.5 Å². The predicted octanol–water partition coefficient (Wildman–Crippen LogP) is 3.26. The quantitative estimate of drug-likeness (QED) is 0.506. The molecule has 130 valence electrons. The summed E-state index contributed by atoms with van der Waals surface area (Å²) in [6.45, 7) is 0. The van der Waals surface area contributed by atoms with Crippen molar-refractivity contribution in [3.05, 3.63) is 63.2 Å². The molecule has 0 aliphatic carbocycles. The van der Waals surface area contributed by atoms with Gasteiger partial charge in [0, 0.05) is 15.9 Å². The predicted molar refractivity (Wildman–Crippen MR) is 101 cm³/mol. The van der Waals surface area contributed by atoms with E-state index in [9.17, 15) is 9.59 Å². The molecule has 0 radical (unpaired) electrons. The van der Waals surface area contributed by atoms with E-state index in [2.05, 4.69) is 20.9 Å². The minimum atomic E-state index is -0.785. The highest BCUT2D eigenvalue weighted by Crippen LogP contribution is 2.28. The van der Waals surface area contributed by atoms with Crippen molar-refractivity contribution >= 4 is 49.6 Å². The van der Waals surface area contributed by atoms with E-state index >= 15 is 0 Å². The minimum Gasteiger partial charge on any atom is -0.465 e. The number of aromatic nitrogens is 2. The third-order valence-corrected chi connectivity index (χ3v) is 4.63. The van der Waals surface area contributed by atoms with Crippen molar-refractivity contribution in [3.8, 4) is 5.69 Å². The van der Waals surface area contributed by atoms with Gasteiger partial charge in [0.15, 0.2) is 12.0 Å². The zero-order valence-corrected chi connectivity index (χ0v) is 15.1. The lowest BCUT2D eigenvalue weighted by Gasteiger charge is -2.15. The average molecular weight is 414 g/mol. The van der Waals surface area contributed by atoms with Crippen LogP contribution in [0, 0.1) is 0 Å². The number of benzene rings is 2. The van der Waals surface area contributed by atoms with Crippen LogP contribution in [-0.4, -0.2) is 22.6 Å². The van der Waals surface area contributed by atoms with Crippen LogP contribution in [-0.2, 0) is 4.74 Å². The number of nitrogens with zero attached hydrogens (tertiary/aromatic N) is 2. The number of hydrogen-bond acceptors (Lipinski definition) is 6. The number of nitrogens with two attached hydrogens (primary N) is 1. The number of nitrogen functional groups attached to an aromatic ring is 1. The summed E-state index contributed by atoms with van der Waals surface area (Å²) < 4.78 is 12.3. The number of carbonyl (C=O) groups is 1. The van der Waals surface area contributed by atoms with Crippen LogP contribution in [0.2, 0.25) is 0 Å². The number of fused-ring (bicyclic) bond motifs is 2. The van der Waals surface area contributed by atoms with Gasteiger partial charge in [0.25, 0.3) is 5.56 Å². The molecular weight excluding hydrogens is 402 g/mol. The number of hydrogen-bond donors (Lipinski definition) is 1. The molecule has 8 heteroatoms. The Morgan fingerprint density at radius 1 is 1.27 bits per heavy atom. The van der Waals surface area contributed by atoms with Gasteiger partial charge >= 0.3 is 5.97 Å². The molecule has 0 unspecified atom stereocenters. The van der Waals surface area contributed by atoms with Gasteiger partial charge in [0.2, 0.25) is 0 Å². The Hall–Kier alpha value is -3.13. The Balaban J connectivity index is 2.17. The van der Waals surface area contributed by atoms with Crippen LogP contribution in [0.4, 0.5) is 5.69 Å². The minimum absolute atomic E-state index is 0.0846. The largest absolute Gasteiger partial charge is 0.465 e. The van der Waals surface area contributed by atoms with Gasteiger partial charge in [0.1, 0.15) is 11.1 Å². The fourth-order valence-electron chi connectivity index (χ4n) is 2.93. The molecule has 0 saturated heterocycles. The maximum Gasteiger partial charge on any atom is 0.345 e. The Morgan fingerprint density at radius 3 is 2.85 bits per heavy atom. The molecule has 0 aliphatic heterocycles. The molecule has 0 saturated carbocycles. The van der Waals surface area contributed by atoms with E-state index in [-0.39, 0.29) is 11.3 Å².